The maximum atomic E-state index is 12.6. The van der Waals surface area contributed by atoms with E-state index in [1.807, 2.05) is 60.7 Å². The Morgan fingerprint density at radius 3 is 1.69 bits per heavy atom. The average molecular weight is 458 g/mol. The Morgan fingerprint density at radius 1 is 0.906 bits per heavy atom. The molecule has 6 nitrogen and oxygen atoms in total. The fourth-order valence-electron chi connectivity index (χ4n) is 3.78. The van der Waals surface area contributed by atoms with E-state index in [-0.39, 0.29) is 11.6 Å². The molecule has 2 rings (SSSR count). The van der Waals surface area contributed by atoms with Crippen LogP contribution in [0.4, 0.5) is 4.79 Å². The molecule has 0 unspecified atom stereocenters. The van der Waals surface area contributed by atoms with E-state index in [1.54, 1.807) is 20.8 Å². The Balaban J connectivity index is 2.49. The minimum Gasteiger partial charge on any atom is -0.480 e. The molecule has 0 spiro atoms. The number of hydrogen-bond donors (Lipinski definition) is 1. The maximum absolute atomic E-state index is 12.6. The summed E-state index contributed by atoms with van der Waals surface area (Å²) in [6.07, 6.45) is -0.698. The van der Waals surface area contributed by atoms with E-state index in [9.17, 15) is 14.7 Å². The molecule has 0 bridgehead atoms. The molecule has 7 heteroatoms. The van der Waals surface area contributed by atoms with Crippen LogP contribution < -0.4 is 10.4 Å². The smallest absolute Gasteiger partial charge is 0.410 e. The number of carbonyl (C=O) groups excluding carboxylic acids is 1. The van der Waals surface area contributed by atoms with Crippen LogP contribution in [0.15, 0.2) is 60.7 Å². The zero-order valence-corrected chi connectivity index (χ0v) is 21.1. The van der Waals surface area contributed by atoms with Gasteiger partial charge < -0.3 is 14.3 Å². The molecule has 1 atom stereocenters. The third-order valence-electron chi connectivity index (χ3n) is 5.31. The van der Waals surface area contributed by atoms with Crippen molar-refractivity contribution >= 4 is 30.8 Å². The molecule has 1 N–H and O–H groups in total. The number of nitrogens with zero attached hydrogens (tertiary/aromatic N) is 1. The molecule has 32 heavy (non-hydrogen) atoms. The van der Waals surface area contributed by atoms with Gasteiger partial charge in [-0.15, -0.1) is 0 Å². The third-order valence-corrected chi connectivity index (χ3v) is 10.3. The van der Waals surface area contributed by atoms with Crippen molar-refractivity contribution < 1.29 is 23.9 Å². The number of benzene rings is 2. The van der Waals surface area contributed by atoms with Gasteiger partial charge in [-0.25, -0.2) is 9.59 Å². The molecule has 0 aliphatic rings. The van der Waals surface area contributed by atoms with Gasteiger partial charge in [-0.1, -0.05) is 81.4 Å². The van der Waals surface area contributed by atoms with E-state index in [0.29, 0.717) is 0 Å². The van der Waals surface area contributed by atoms with Crippen molar-refractivity contribution in [2.75, 3.05) is 13.7 Å². The van der Waals surface area contributed by atoms with Gasteiger partial charge in [-0.2, -0.15) is 0 Å². The number of likely N-dealkylation sites (N-methyl/N-ethyl adjacent to an activating group) is 1. The van der Waals surface area contributed by atoms with Crippen LogP contribution in [0.25, 0.3) is 0 Å². The molecule has 0 fully saturated rings. The lowest BCUT2D eigenvalue weighted by atomic mass is 10.2. The molecule has 0 aromatic heterocycles. The van der Waals surface area contributed by atoms with Gasteiger partial charge >= 0.3 is 12.1 Å². The van der Waals surface area contributed by atoms with Crippen LogP contribution in [0.2, 0.25) is 5.04 Å². The summed E-state index contributed by atoms with van der Waals surface area (Å²) in [5.41, 5.74) is -0.729. The minimum absolute atomic E-state index is 0.154. The van der Waals surface area contributed by atoms with Crippen molar-refractivity contribution in [3.8, 4) is 0 Å². The molecule has 174 valence electrons. The highest BCUT2D eigenvalue weighted by molar-refractivity contribution is 6.99. The molecule has 2 aromatic carbocycles. The first-order chi connectivity index (χ1) is 14.8. The van der Waals surface area contributed by atoms with E-state index in [4.69, 9.17) is 9.16 Å². The molecule has 0 saturated heterocycles. The van der Waals surface area contributed by atoms with E-state index in [1.165, 1.54) is 7.05 Å². The molecule has 0 aliphatic carbocycles. The van der Waals surface area contributed by atoms with Crippen molar-refractivity contribution in [1.82, 2.24) is 4.90 Å². The summed E-state index contributed by atoms with van der Waals surface area (Å²) in [6.45, 7) is 11.4. The SMILES string of the molecule is CN(C(=O)OC(C)(C)C)[C@@H](CO[Si](c1ccccc1)(c1ccccc1)C(C)(C)C)C(=O)O. The summed E-state index contributed by atoms with van der Waals surface area (Å²) in [4.78, 5) is 25.8. The van der Waals surface area contributed by atoms with Crippen LogP contribution in [0.1, 0.15) is 41.5 Å². The Labute approximate surface area is 192 Å². The van der Waals surface area contributed by atoms with E-state index >= 15 is 0 Å². The zero-order chi connectivity index (χ0) is 24.2. The zero-order valence-electron chi connectivity index (χ0n) is 20.1. The molecule has 0 heterocycles. The molecule has 1 amide bonds. The molecule has 0 saturated carbocycles. The summed E-state index contributed by atoms with van der Waals surface area (Å²) in [5.74, 6) is -1.14. The van der Waals surface area contributed by atoms with Gasteiger partial charge in [-0.05, 0) is 36.2 Å². The number of carboxylic acids is 1. The standard InChI is InChI=1S/C25H35NO5Si/c1-24(2,3)31-23(29)26(7)21(22(27)28)18-30-32(25(4,5)6,19-14-10-8-11-15-19)20-16-12-9-13-17-20/h8-17,21H,18H2,1-7H3,(H,27,28)/t21-/m0/s1. The molecular formula is C25H35NO5Si. The first-order valence-corrected chi connectivity index (χ1v) is 12.6. The van der Waals surface area contributed by atoms with Crippen LogP contribution in [-0.2, 0) is 14.0 Å². The number of ether oxygens (including phenoxy) is 1. The van der Waals surface area contributed by atoms with Crippen LogP contribution >= 0.6 is 0 Å². The molecule has 2 aromatic rings. The van der Waals surface area contributed by atoms with Gasteiger partial charge in [-0.3, -0.25) is 4.90 Å². The predicted octanol–water partition coefficient (Wildman–Crippen LogP) is 3.88. The van der Waals surface area contributed by atoms with Gasteiger partial charge in [0.1, 0.15) is 5.60 Å². The van der Waals surface area contributed by atoms with Crippen LogP contribution in [0.5, 0.6) is 0 Å². The van der Waals surface area contributed by atoms with Crippen molar-refractivity contribution in [2.45, 2.75) is 58.2 Å². The first kappa shape index (κ1) is 25.6. The fourth-order valence-corrected chi connectivity index (χ4v) is 8.34. The summed E-state index contributed by atoms with van der Waals surface area (Å²) >= 11 is 0. The molecule has 0 radical (unpaired) electrons. The maximum Gasteiger partial charge on any atom is 0.410 e. The summed E-state index contributed by atoms with van der Waals surface area (Å²) < 4.78 is 12.1. The number of carboxylic acid groups (broad SMARTS) is 1. The van der Waals surface area contributed by atoms with Gasteiger partial charge in [0.2, 0.25) is 0 Å². The predicted molar refractivity (Wildman–Crippen MR) is 129 cm³/mol. The lowest BCUT2D eigenvalue weighted by molar-refractivity contribution is -0.143. The number of aliphatic carboxylic acids is 1. The van der Waals surface area contributed by atoms with Crippen molar-refractivity contribution in [2.24, 2.45) is 0 Å². The van der Waals surface area contributed by atoms with E-state index < -0.39 is 32.0 Å². The van der Waals surface area contributed by atoms with Crippen LogP contribution in [-0.4, -0.2) is 55.7 Å². The van der Waals surface area contributed by atoms with Gasteiger partial charge in [0.15, 0.2) is 6.04 Å². The number of hydrogen-bond acceptors (Lipinski definition) is 4. The highest BCUT2D eigenvalue weighted by Crippen LogP contribution is 2.37. The lowest BCUT2D eigenvalue weighted by Crippen LogP contribution is -2.67. The van der Waals surface area contributed by atoms with E-state index in [2.05, 4.69) is 20.8 Å². The van der Waals surface area contributed by atoms with Crippen LogP contribution in [0.3, 0.4) is 0 Å². The van der Waals surface area contributed by atoms with Crippen molar-refractivity contribution in [1.29, 1.82) is 0 Å². The quantitative estimate of drug-likeness (QED) is 0.639. The largest absolute Gasteiger partial charge is 0.480 e. The summed E-state index contributed by atoms with van der Waals surface area (Å²) in [5, 5.41) is 11.7. The highest BCUT2D eigenvalue weighted by Gasteiger charge is 2.51. The topological polar surface area (TPSA) is 76.1 Å². The third kappa shape index (κ3) is 5.78. The van der Waals surface area contributed by atoms with Gasteiger partial charge in [0, 0.05) is 7.05 Å². The number of rotatable bonds is 7. The van der Waals surface area contributed by atoms with Gasteiger partial charge in [0.05, 0.1) is 6.61 Å². The number of amides is 1. The van der Waals surface area contributed by atoms with Crippen molar-refractivity contribution in [3.63, 3.8) is 0 Å². The van der Waals surface area contributed by atoms with Crippen LogP contribution in [0, 0.1) is 0 Å². The molecule has 0 aliphatic heterocycles. The second-order valence-electron chi connectivity index (χ2n) is 9.92. The normalized spacial score (nSPS) is 13.3. The highest BCUT2D eigenvalue weighted by atomic mass is 28.4. The Bertz CT molecular complexity index is 864. The Kier molecular flexibility index (Phi) is 7.91. The minimum atomic E-state index is -2.93. The summed E-state index contributed by atoms with van der Waals surface area (Å²) in [6, 6.07) is 18.7. The van der Waals surface area contributed by atoms with E-state index in [0.717, 1.165) is 15.3 Å². The second-order valence-corrected chi connectivity index (χ2v) is 14.2. The summed E-state index contributed by atoms with van der Waals surface area (Å²) in [7, 11) is -1.50. The number of carbonyl (C=O) groups is 2. The second kappa shape index (κ2) is 9.88. The Morgan fingerprint density at radius 2 is 1.34 bits per heavy atom. The fraction of sp³-hybridized carbons (Fsp3) is 0.440. The van der Waals surface area contributed by atoms with Gasteiger partial charge in [0.25, 0.3) is 8.32 Å². The first-order valence-electron chi connectivity index (χ1n) is 10.7. The lowest BCUT2D eigenvalue weighted by Gasteiger charge is -2.44. The molecular weight excluding hydrogens is 422 g/mol. The Hall–Kier alpha value is -2.64. The van der Waals surface area contributed by atoms with Crippen molar-refractivity contribution in [3.05, 3.63) is 60.7 Å². The average Bonchev–Trinajstić information content (AvgIpc) is 2.69. The monoisotopic (exact) mass is 457 g/mol.